The first-order valence-electron chi connectivity index (χ1n) is 14.2. The van der Waals surface area contributed by atoms with E-state index in [1.165, 1.54) is 17.9 Å². The molecule has 0 bridgehead atoms. The number of benzene rings is 3. The molecule has 1 N–H and O–H groups in total. The van der Waals surface area contributed by atoms with Gasteiger partial charge in [-0.15, -0.1) is 0 Å². The molecular formula is C34H38N2O5. The molecule has 7 nitrogen and oxygen atoms in total. The second-order valence-corrected chi connectivity index (χ2v) is 11.8. The number of anilines is 1. The fourth-order valence-corrected chi connectivity index (χ4v) is 5.75. The number of esters is 1. The molecule has 214 valence electrons. The Balaban J connectivity index is 1.06. The fraction of sp³-hybridized carbons (Fsp3) is 0.353. The van der Waals surface area contributed by atoms with Gasteiger partial charge in [-0.05, 0) is 74.8 Å². The number of amides is 1. The highest BCUT2D eigenvalue weighted by Gasteiger charge is 2.42. The number of carbonyl (C=O) groups is 2. The van der Waals surface area contributed by atoms with E-state index in [2.05, 4.69) is 10.2 Å². The minimum Gasteiger partial charge on any atom is -0.465 e. The maximum Gasteiger partial charge on any atom is 0.411 e. The first kappa shape index (κ1) is 28.4. The van der Waals surface area contributed by atoms with Crippen molar-refractivity contribution in [3.8, 4) is 16.9 Å². The van der Waals surface area contributed by atoms with Gasteiger partial charge in [0.2, 0.25) is 0 Å². The molecule has 41 heavy (non-hydrogen) atoms. The van der Waals surface area contributed by atoms with Gasteiger partial charge < -0.3 is 14.2 Å². The minimum atomic E-state index is -0.532. The van der Waals surface area contributed by atoms with Crippen molar-refractivity contribution >= 4 is 17.7 Å². The first-order chi connectivity index (χ1) is 19.7. The second kappa shape index (κ2) is 12.6. The highest BCUT2D eigenvalue weighted by molar-refractivity contribution is 5.91. The molecule has 7 heteroatoms. The van der Waals surface area contributed by atoms with Crippen molar-refractivity contribution in [2.24, 2.45) is 11.8 Å². The summed E-state index contributed by atoms with van der Waals surface area (Å²) < 4.78 is 16.6. The van der Waals surface area contributed by atoms with Crippen molar-refractivity contribution < 1.29 is 23.8 Å². The van der Waals surface area contributed by atoms with Crippen molar-refractivity contribution in [3.05, 3.63) is 96.8 Å². The van der Waals surface area contributed by atoms with Gasteiger partial charge in [0.15, 0.2) is 0 Å². The lowest BCUT2D eigenvalue weighted by molar-refractivity contribution is -0.148. The zero-order valence-corrected chi connectivity index (χ0v) is 23.9. The van der Waals surface area contributed by atoms with Gasteiger partial charge in [0, 0.05) is 25.2 Å². The molecule has 2 aliphatic rings. The Morgan fingerprint density at radius 3 is 2.24 bits per heavy atom. The van der Waals surface area contributed by atoms with Crippen LogP contribution in [0.2, 0.25) is 0 Å². The second-order valence-electron chi connectivity index (χ2n) is 11.8. The molecule has 0 aromatic heterocycles. The molecule has 1 saturated carbocycles. The van der Waals surface area contributed by atoms with E-state index in [9.17, 15) is 9.59 Å². The molecule has 2 fully saturated rings. The number of rotatable bonds is 8. The lowest BCUT2D eigenvalue weighted by Crippen LogP contribution is -2.25. The third-order valence-corrected chi connectivity index (χ3v) is 7.45. The number of fused-ring (bicyclic) bond motifs is 1. The SMILES string of the molecule is CC(C)(C)OC(=O)/C=C\Oc1ccc(CN2C[C@H]3C[C@@H](OC(=O)Nc4ccccc4-c4ccccc4)C[C@H]3C2)cc1. The zero-order chi connectivity index (χ0) is 28.8. The topological polar surface area (TPSA) is 77.1 Å². The summed E-state index contributed by atoms with van der Waals surface area (Å²) in [5.74, 6) is 1.29. The van der Waals surface area contributed by atoms with Crippen LogP contribution in [0.15, 0.2) is 91.2 Å². The maximum atomic E-state index is 12.8. The van der Waals surface area contributed by atoms with E-state index >= 15 is 0 Å². The van der Waals surface area contributed by atoms with Gasteiger partial charge in [-0.2, -0.15) is 0 Å². The van der Waals surface area contributed by atoms with Crippen molar-refractivity contribution in [1.82, 2.24) is 4.90 Å². The Morgan fingerprint density at radius 1 is 0.902 bits per heavy atom. The lowest BCUT2D eigenvalue weighted by atomic mass is 10.0. The summed E-state index contributed by atoms with van der Waals surface area (Å²) in [7, 11) is 0. The van der Waals surface area contributed by atoms with Crippen molar-refractivity contribution in [2.75, 3.05) is 18.4 Å². The molecule has 5 rings (SSSR count). The largest absolute Gasteiger partial charge is 0.465 e. The number of ether oxygens (including phenoxy) is 3. The van der Waals surface area contributed by atoms with E-state index in [0.29, 0.717) is 17.6 Å². The molecule has 3 atom stereocenters. The van der Waals surface area contributed by atoms with E-state index < -0.39 is 17.7 Å². The summed E-state index contributed by atoms with van der Waals surface area (Å²) in [5, 5.41) is 2.97. The molecule has 0 radical (unpaired) electrons. The van der Waals surface area contributed by atoms with Crippen LogP contribution in [0.4, 0.5) is 10.5 Å². The van der Waals surface area contributed by atoms with Gasteiger partial charge in [-0.1, -0.05) is 60.7 Å². The van der Waals surface area contributed by atoms with E-state index in [4.69, 9.17) is 14.2 Å². The van der Waals surface area contributed by atoms with Crippen LogP contribution < -0.4 is 10.1 Å². The molecule has 1 saturated heterocycles. The smallest absolute Gasteiger partial charge is 0.411 e. The van der Waals surface area contributed by atoms with Gasteiger partial charge in [-0.3, -0.25) is 10.2 Å². The number of hydrogen-bond donors (Lipinski definition) is 1. The predicted molar refractivity (Wildman–Crippen MR) is 159 cm³/mol. The molecule has 1 amide bonds. The Kier molecular flexibility index (Phi) is 8.74. The van der Waals surface area contributed by atoms with Crippen LogP contribution in [0.3, 0.4) is 0 Å². The van der Waals surface area contributed by atoms with Crippen molar-refractivity contribution in [2.45, 2.75) is 51.9 Å². The van der Waals surface area contributed by atoms with Gasteiger partial charge in [-0.25, -0.2) is 9.59 Å². The van der Waals surface area contributed by atoms with E-state index in [0.717, 1.165) is 49.3 Å². The van der Waals surface area contributed by atoms with Crippen LogP contribution in [0.1, 0.15) is 39.2 Å². The Bertz CT molecular complexity index is 1350. The van der Waals surface area contributed by atoms with Crippen molar-refractivity contribution in [1.29, 1.82) is 0 Å². The molecule has 1 aliphatic carbocycles. The normalized spacial score (nSPS) is 20.5. The minimum absolute atomic E-state index is 0.0544. The van der Waals surface area contributed by atoms with Crippen LogP contribution in [0.25, 0.3) is 11.1 Å². The predicted octanol–water partition coefficient (Wildman–Crippen LogP) is 7.05. The average Bonchev–Trinajstić information content (AvgIpc) is 3.47. The summed E-state index contributed by atoms with van der Waals surface area (Å²) in [4.78, 5) is 27.0. The molecular weight excluding hydrogens is 516 g/mol. The molecule has 1 aliphatic heterocycles. The number of para-hydroxylation sites is 1. The van der Waals surface area contributed by atoms with Gasteiger partial charge >= 0.3 is 12.1 Å². The summed E-state index contributed by atoms with van der Waals surface area (Å²) in [6.45, 7) is 8.34. The third-order valence-electron chi connectivity index (χ3n) is 7.45. The monoisotopic (exact) mass is 554 g/mol. The summed E-state index contributed by atoms with van der Waals surface area (Å²) >= 11 is 0. The van der Waals surface area contributed by atoms with Crippen molar-refractivity contribution in [3.63, 3.8) is 0 Å². The quantitative estimate of drug-likeness (QED) is 0.183. The Hall–Kier alpha value is -4.10. The summed E-state index contributed by atoms with van der Waals surface area (Å²) in [6, 6.07) is 25.7. The number of hydrogen-bond acceptors (Lipinski definition) is 6. The Morgan fingerprint density at radius 2 is 1.56 bits per heavy atom. The third kappa shape index (κ3) is 7.98. The number of nitrogens with one attached hydrogen (secondary N) is 1. The van der Waals surface area contributed by atoms with Crippen LogP contribution >= 0.6 is 0 Å². The van der Waals surface area contributed by atoms with Crippen LogP contribution in [0.5, 0.6) is 5.75 Å². The zero-order valence-electron chi connectivity index (χ0n) is 23.9. The standard InChI is InChI=1S/C34H38N2O5/c1-34(2,3)41-32(37)17-18-39-28-15-13-24(14-16-28)21-36-22-26-19-29(20-27(26)23-36)40-33(38)35-31-12-8-7-11-30(31)25-9-5-4-6-10-25/h4-18,26-27,29H,19-23H2,1-3H3,(H,35,38)/b18-17-/t26-,27+,29-. The van der Waals surface area contributed by atoms with Gasteiger partial charge in [0.05, 0.1) is 18.0 Å². The molecule has 3 aromatic rings. The highest BCUT2D eigenvalue weighted by atomic mass is 16.6. The summed E-state index contributed by atoms with van der Waals surface area (Å²) in [6.07, 6.45) is 3.98. The van der Waals surface area contributed by atoms with E-state index in [1.807, 2.05) is 99.6 Å². The average molecular weight is 555 g/mol. The van der Waals surface area contributed by atoms with Gasteiger partial charge in [0.1, 0.15) is 17.5 Å². The fourth-order valence-electron chi connectivity index (χ4n) is 5.75. The molecule has 1 heterocycles. The summed E-state index contributed by atoms with van der Waals surface area (Å²) in [5.41, 5.74) is 3.45. The molecule has 0 unspecified atom stereocenters. The number of nitrogens with zero attached hydrogens (tertiary/aromatic N) is 1. The molecule has 3 aromatic carbocycles. The first-order valence-corrected chi connectivity index (χ1v) is 14.2. The maximum absolute atomic E-state index is 12.8. The lowest BCUT2D eigenvalue weighted by Gasteiger charge is -2.20. The van der Waals surface area contributed by atoms with E-state index in [-0.39, 0.29) is 6.10 Å². The number of carbonyl (C=O) groups excluding carboxylic acids is 2. The van der Waals surface area contributed by atoms with Crippen LogP contribution in [-0.4, -0.2) is 41.8 Å². The van der Waals surface area contributed by atoms with E-state index in [1.54, 1.807) is 0 Å². The Labute approximate surface area is 242 Å². The highest BCUT2D eigenvalue weighted by Crippen LogP contribution is 2.40. The van der Waals surface area contributed by atoms with Crippen LogP contribution in [-0.2, 0) is 20.8 Å². The molecule has 0 spiro atoms. The van der Waals surface area contributed by atoms with Crippen LogP contribution in [0, 0.1) is 11.8 Å². The van der Waals surface area contributed by atoms with Gasteiger partial charge in [0.25, 0.3) is 0 Å². The number of likely N-dealkylation sites (tertiary alicyclic amines) is 1.